The van der Waals surface area contributed by atoms with Gasteiger partial charge in [0.05, 0.1) is 11.9 Å². The summed E-state index contributed by atoms with van der Waals surface area (Å²) in [5.41, 5.74) is 3.46. The highest BCUT2D eigenvalue weighted by atomic mass is 16.2. The number of hydrogen-bond donors (Lipinski definition) is 3. The van der Waals surface area contributed by atoms with E-state index in [2.05, 4.69) is 21.0 Å². The summed E-state index contributed by atoms with van der Waals surface area (Å²) in [6.45, 7) is 8.29. The van der Waals surface area contributed by atoms with E-state index in [1.165, 1.54) is 0 Å². The second kappa shape index (κ2) is 7.63. The van der Waals surface area contributed by atoms with Crippen molar-refractivity contribution in [1.29, 1.82) is 0 Å². The second-order valence-corrected chi connectivity index (χ2v) is 5.71. The number of benzene rings is 1. The van der Waals surface area contributed by atoms with Crippen LogP contribution in [0.2, 0.25) is 0 Å². The van der Waals surface area contributed by atoms with E-state index in [9.17, 15) is 9.59 Å². The number of imide groups is 1. The number of urea groups is 1. The van der Waals surface area contributed by atoms with Gasteiger partial charge >= 0.3 is 6.03 Å². The van der Waals surface area contributed by atoms with Crippen molar-refractivity contribution < 1.29 is 9.59 Å². The van der Waals surface area contributed by atoms with Gasteiger partial charge in [-0.1, -0.05) is 17.7 Å². The molecule has 0 unspecified atom stereocenters. The van der Waals surface area contributed by atoms with Gasteiger partial charge in [-0.2, -0.15) is 5.10 Å². The summed E-state index contributed by atoms with van der Waals surface area (Å²) in [6, 6.07) is 4.57. The summed E-state index contributed by atoms with van der Waals surface area (Å²) >= 11 is 0. The SMILES string of the molecule is CCn1cc(N[C@@H](C)C(=O)NC(=O)Nc2ccc(C)cc2C)cn1. The van der Waals surface area contributed by atoms with Crippen molar-refractivity contribution in [3.63, 3.8) is 0 Å². The summed E-state index contributed by atoms with van der Waals surface area (Å²) in [4.78, 5) is 24.1. The Morgan fingerprint density at radius 2 is 2.04 bits per heavy atom. The lowest BCUT2D eigenvalue weighted by Gasteiger charge is -2.14. The highest BCUT2D eigenvalue weighted by molar-refractivity contribution is 6.03. The Hall–Kier alpha value is -2.83. The molecule has 3 amide bonds. The third-order valence-corrected chi connectivity index (χ3v) is 3.60. The molecule has 0 aliphatic carbocycles. The Morgan fingerprint density at radius 3 is 2.67 bits per heavy atom. The number of hydrogen-bond acceptors (Lipinski definition) is 4. The molecular weight excluding hydrogens is 306 g/mol. The quantitative estimate of drug-likeness (QED) is 0.787. The van der Waals surface area contributed by atoms with Crippen LogP contribution in [0.15, 0.2) is 30.6 Å². The van der Waals surface area contributed by atoms with Crippen LogP contribution in [0.3, 0.4) is 0 Å². The van der Waals surface area contributed by atoms with E-state index >= 15 is 0 Å². The van der Waals surface area contributed by atoms with E-state index in [0.29, 0.717) is 5.69 Å². The zero-order valence-electron chi connectivity index (χ0n) is 14.4. The maximum Gasteiger partial charge on any atom is 0.325 e. The number of carbonyl (C=O) groups excluding carboxylic acids is 2. The van der Waals surface area contributed by atoms with E-state index in [-0.39, 0.29) is 0 Å². The van der Waals surface area contributed by atoms with Crippen LogP contribution in [0.4, 0.5) is 16.2 Å². The lowest BCUT2D eigenvalue weighted by Crippen LogP contribution is -2.43. The Balaban J connectivity index is 1.89. The molecule has 128 valence electrons. The molecule has 0 saturated heterocycles. The maximum atomic E-state index is 12.1. The molecule has 0 bridgehead atoms. The minimum atomic E-state index is -0.565. The van der Waals surface area contributed by atoms with E-state index in [0.717, 1.165) is 23.4 Å². The molecular formula is C17H23N5O2. The lowest BCUT2D eigenvalue weighted by molar-refractivity contribution is -0.120. The van der Waals surface area contributed by atoms with Gasteiger partial charge in [-0.05, 0) is 39.3 Å². The number of carbonyl (C=O) groups is 2. The first-order chi connectivity index (χ1) is 11.4. The molecule has 0 aliphatic heterocycles. The molecule has 7 heteroatoms. The highest BCUT2D eigenvalue weighted by Gasteiger charge is 2.16. The fourth-order valence-electron chi connectivity index (χ4n) is 2.25. The predicted molar refractivity (Wildman–Crippen MR) is 94.1 cm³/mol. The van der Waals surface area contributed by atoms with Gasteiger partial charge in [-0.25, -0.2) is 4.79 Å². The number of nitrogens with zero attached hydrogens (tertiary/aromatic N) is 2. The monoisotopic (exact) mass is 329 g/mol. The van der Waals surface area contributed by atoms with Gasteiger partial charge in [0.2, 0.25) is 5.91 Å². The molecule has 0 radical (unpaired) electrons. The first kappa shape index (κ1) is 17.5. The second-order valence-electron chi connectivity index (χ2n) is 5.71. The van der Waals surface area contributed by atoms with Gasteiger partial charge in [-0.3, -0.25) is 14.8 Å². The molecule has 1 aromatic heterocycles. The first-order valence-electron chi connectivity index (χ1n) is 7.87. The number of nitrogens with one attached hydrogen (secondary N) is 3. The fourth-order valence-corrected chi connectivity index (χ4v) is 2.25. The Morgan fingerprint density at radius 1 is 1.29 bits per heavy atom. The predicted octanol–water partition coefficient (Wildman–Crippen LogP) is 2.67. The Labute approximate surface area is 141 Å². The molecule has 3 N–H and O–H groups in total. The molecule has 1 heterocycles. The number of aromatic nitrogens is 2. The summed E-state index contributed by atoms with van der Waals surface area (Å²) in [7, 11) is 0. The van der Waals surface area contributed by atoms with E-state index < -0.39 is 18.0 Å². The summed E-state index contributed by atoms with van der Waals surface area (Å²) in [5, 5.41) is 12.2. The third kappa shape index (κ3) is 4.58. The van der Waals surface area contributed by atoms with Gasteiger partial charge in [0.15, 0.2) is 0 Å². The Bertz CT molecular complexity index is 738. The molecule has 0 fully saturated rings. The van der Waals surface area contributed by atoms with E-state index in [4.69, 9.17) is 0 Å². The zero-order chi connectivity index (χ0) is 17.7. The summed E-state index contributed by atoms with van der Waals surface area (Å²) in [6.07, 6.45) is 3.45. The topological polar surface area (TPSA) is 88.0 Å². The van der Waals surface area contributed by atoms with Crippen LogP contribution in [-0.2, 0) is 11.3 Å². The molecule has 2 aromatic rings. The van der Waals surface area contributed by atoms with Gasteiger partial charge in [0.1, 0.15) is 6.04 Å². The number of anilines is 2. The first-order valence-corrected chi connectivity index (χ1v) is 7.87. The van der Waals surface area contributed by atoms with Crippen LogP contribution in [0.25, 0.3) is 0 Å². The minimum Gasteiger partial charge on any atom is -0.371 e. The van der Waals surface area contributed by atoms with Crippen molar-refractivity contribution >= 4 is 23.3 Å². The molecule has 24 heavy (non-hydrogen) atoms. The van der Waals surface area contributed by atoms with Crippen LogP contribution in [0.1, 0.15) is 25.0 Å². The fraction of sp³-hybridized carbons (Fsp3) is 0.353. The molecule has 7 nitrogen and oxygen atoms in total. The normalized spacial score (nSPS) is 11.7. The zero-order valence-corrected chi connectivity index (χ0v) is 14.4. The average molecular weight is 329 g/mol. The van der Waals surface area contributed by atoms with Gasteiger partial charge in [-0.15, -0.1) is 0 Å². The van der Waals surface area contributed by atoms with Crippen LogP contribution in [0, 0.1) is 13.8 Å². The van der Waals surface area contributed by atoms with Crippen LogP contribution in [0.5, 0.6) is 0 Å². The third-order valence-electron chi connectivity index (χ3n) is 3.60. The van der Waals surface area contributed by atoms with Gasteiger partial charge < -0.3 is 10.6 Å². The molecule has 1 aromatic carbocycles. The van der Waals surface area contributed by atoms with E-state index in [1.54, 1.807) is 24.0 Å². The molecule has 0 saturated carbocycles. The highest BCUT2D eigenvalue weighted by Crippen LogP contribution is 2.15. The standard InChI is InChI=1S/C17H23N5O2/c1-5-22-10-14(9-18-22)19-13(4)16(23)21-17(24)20-15-7-6-11(2)8-12(15)3/h6-10,13,19H,5H2,1-4H3,(H2,20,21,23,24)/t13-/m0/s1. The smallest absolute Gasteiger partial charge is 0.325 e. The maximum absolute atomic E-state index is 12.1. The van der Waals surface area contributed by atoms with Crippen molar-refractivity contribution in [2.75, 3.05) is 10.6 Å². The van der Waals surface area contributed by atoms with Crippen LogP contribution < -0.4 is 16.0 Å². The van der Waals surface area contributed by atoms with Crippen molar-refractivity contribution in [3.05, 3.63) is 41.7 Å². The van der Waals surface area contributed by atoms with Gasteiger partial charge in [0, 0.05) is 18.4 Å². The number of amides is 3. The summed E-state index contributed by atoms with van der Waals surface area (Å²) in [5.74, 6) is -0.415. The molecule has 1 atom stereocenters. The molecule has 0 aliphatic rings. The van der Waals surface area contributed by atoms with Crippen molar-refractivity contribution in [2.45, 2.75) is 40.3 Å². The van der Waals surface area contributed by atoms with Gasteiger partial charge in [0.25, 0.3) is 0 Å². The number of rotatable bonds is 5. The average Bonchev–Trinajstić information content (AvgIpc) is 2.97. The number of aryl methyl sites for hydroxylation is 3. The minimum absolute atomic E-state index is 0.415. The van der Waals surface area contributed by atoms with Crippen LogP contribution >= 0.6 is 0 Å². The molecule has 0 spiro atoms. The van der Waals surface area contributed by atoms with E-state index in [1.807, 2.05) is 39.0 Å². The lowest BCUT2D eigenvalue weighted by atomic mass is 10.1. The molecule has 2 rings (SSSR count). The van der Waals surface area contributed by atoms with Crippen molar-refractivity contribution in [3.8, 4) is 0 Å². The summed E-state index contributed by atoms with van der Waals surface area (Å²) < 4.78 is 1.75. The van der Waals surface area contributed by atoms with Crippen LogP contribution in [-0.4, -0.2) is 27.8 Å². The van der Waals surface area contributed by atoms with Crippen molar-refractivity contribution in [2.24, 2.45) is 0 Å². The largest absolute Gasteiger partial charge is 0.371 e. The Kier molecular flexibility index (Phi) is 5.57. The van der Waals surface area contributed by atoms with Crippen molar-refractivity contribution in [1.82, 2.24) is 15.1 Å².